The summed E-state index contributed by atoms with van der Waals surface area (Å²) in [6.45, 7) is 4.26. The number of aliphatic hydroxyl groups is 1. The first-order chi connectivity index (χ1) is 10.7. The van der Waals surface area contributed by atoms with Crippen LogP contribution >= 0.6 is 0 Å². The van der Waals surface area contributed by atoms with Gasteiger partial charge in [-0.2, -0.15) is 0 Å². The van der Waals surface area contributed by atoms with Gasteiger partial charge in [-0.3, -0.25) is 4.79 Å². The van der Waals surface area contributed by atoms with Gasteiger partial charge in [0.25, 0.3) is 0 Å². The number of ketones is 1. The van der Waals surface area contributed by atoms with E-state index in [-0.39, 0.29) is 17.5 Å². The standard InChI is InChI=1S/C16H21N3O3/c1-3-5-13(19-22-4-2)16-14(20)6-11(7-15(16)21)12-8-17-10-18-9-12/h8-11,20H,3-7H2,1-2H3/b19-13+. The summed E-state index contributed by atoms with van der Waals surface area (Å²) >= 11 is 0. The van der Waals surface area contributed by atoms with Crippen molar-refractivity contribution < 1.29 is 14.7 Å². The lowest BCUT2D eigenvalue weighted by molar-refractivity contribution is -0.116. The highest BCUT2D eigenvalue weighted by Crippen LogP contribution is 2.34. The maximum atomic E-state index is 12.5. The Bertz CT molecular complexity index is 582. The number of aromatic nitrogens is 2. The van der Waals surface area contributed by atoms with E-state index in [9.17, 15) is 9.90 Å². The van der Waals surface area contributed by atoms with E-state index in [1.54, 1.807) is 12.4 Å². The third-order valence-corrected chi connectivity index (χ3v) is 3.57. The molecule has 1 unspecified atom stereocenters. The molecule has 1 aromatic rings. The minimum Gasteiger partial charge on any atom is -0.511 e. The monoisotopic (exact) mass is 303 g/mol. The second-order valence-electron chi connectivity index (χ2n) is 5.23. The van der Waals surface area contributed by atoms with Gasteiger partial charge in [0.05, 0.1) is 11.3 Å². The maximum Gasteiger partial charge on any atom is 0.168 e. The average molecular weight is 303 g/mol. The zero-order valence-electron chi connectivity index (χ0n) is 13.0. The van der Waals surface area contributed by atoms with Crippen LogP contribution in [-0.2, 0) is 9.63 Å². The topological polar surface area (TPSA) is 84.7 Å². The molecule has 118 valence electrons. The van der Waals surface area contributed by atoms with Crippen LogP contribution in [0.3, 0.4) is 0 Å². The number of carbonyl (C=O) groups excluding carboxylic acids is 1. The number of hydrogen-bond donors (Lipinski definition) is 1. The minimum atomic E-state index is -0.107. The van der Waals surface area contributed by atoms with E-state index in [2.05, 4.69) is 15.1 Å². The number of carbonyl (C=O) groups is 1. The van der Waals surface area contributed by atoms with E-state index in [4.69, 9.17) is 4.84 Å². The molecule has 1 aliphatic carbocycles. The van der Waals surface area contributed by atoms with Crippen molar-refractivity contribution in [3.05, 3.63) is 35.6 Å². The van der Waals surface area contributed by atoms with Crippen molar-refractivity contribution in [2.75, 3.05) is 6.61 Å². The van der Waals surface area contributed by atoms with Gasteiger partial charge in [0.2, 0.25) is 0 Å². The highest BCUT2D eigenvalue weighted by atomic mass is 16.6. The summed E-state index contributed by atoms with van der Waals surface area (Å²) in [6.07, 6.45) is 6.96. The van der Waals surface area contributed by atoms with Crippen LogP contribution in [0, 0.1) is 0 Å². The van der Waals surface area contributed by atoms with Crippen LogP contribution in [0.4, 0.5) is 0 Å². The molecule has 0 aromatic carbocycles. The number of rotatable bonds is 6. The molecule has 6 nitrogen and oxygen atoms in total. The van der Waals surface area contributed by atoms with Crippen molar-refractivity contribution >= 4 is 11.5 Å². The average Bonchev–Trinajstić information content (AvgIpc) is 2.52. The molecule has 0 fully saturated rings. The molecular weight excluding hydrogens is 282 g/mol. The molecule has 0 aliphatic heterocycles. The van der Waals surface area contributed by atoms with Crippen molar-refractivity contribution in [2.24, 2.45) is 5.16 Å². The van der Waals surface area contributed by atoms with E-state index >= 15 is 0 Å². The van der Waals surface area contributed by atoms with E-state index in [0.717, 1.165) is 12.0 Å². The zero-order chi connectivity index (χ0) is 15.9. The highest BCUT2D eigenvalue weighted by Gasteiger charge is 2.31. The van der Waals surface area contributed by atoms with Gasteiger partial charge in [0.1, 0.15) is 18.7 Å². The molecule has 2 rings (SSSR count). The highest BCUT2D eigenvalue weighted by molar-refractivity contribution is 6.23. The Kier molecular flexibility index (Phi) is 5.63. The van der Waals surface area contributed by atoms with E-state index in [1.807, 2.05) is 13.8 Å². The molecule has 0 spiro atoms. The molecule has 0 bridgehead atoms. The number of oxime groups is 1. The summed E-state index contributed by atoms with van der Waals surface area (Å²) < 4.78 is 0. The molecular formula is C16H21N3O3. The lowest BCUT2D eigenvalue weighted by Crippen LogP contribution is -2.24. The van der Waals surface area contributed by atoms with Gasteiger partial charge in [-0.15, -0.1) is 0 Å². The van der Waals surface area contributed by atoms with Crippen molar-refractivity contribution in [1.29, 1.82) is 0 Å². The van der Waals surface area contributed by atoms with Gasteiger partial charge in [-0.05, 0) is 18.9 Å². The quantitative estimate of drug-likeness (QED) is 0.645. The Morgan fingerprint density at radius 3 is 2.68 bits per heavy atom. The first-order valence-corrected chi connectivity index (χ1v) is 7.56. The predicted octanol–water partition coefficient (Wildman–Crippen LogP) is 2.93. The summed E-state index contributed by atoms with van der Waals surface area (Å²) in [7, 11) is 0. The SMILES string of the molecule is CCC/C(=N\OCC)C1=C(O)CC(c2cncnc2)CC1=O. The van der Waals surface area contributed by atoms with Crippen LogP contribution in [0.2, 0.25) is 0 Å². The fourth-order valence-electron chi connectivity index (χ4n) is 2.57. The molecule has 22 heavy (non-hydrogen) atoms. The van der Waals surface area contributed by atoms with Crippen molar-refractivity contribution in [3.63, 3.8) is 0 Å². The Labute approximate surface area is 129 Å². The molecule has 0 radical (unpaired) electrons. The summed E-state index contributed by atoms with van der Waals surface area (Å²) in [5, 5.41) is 14.4. The van der Waals surface area contributed by atoms with E-state index in [1.165, 1.54) is 6.33 Å². The number of hydrogen-bond acceptors (Lipinski definition) is 6. The number of aliphatic hydroxyl groups excluding tert-OH is 1. The Hall–Kier alpha value is -2.24. The Balaban J connectivity index is 2.27. The van der Waals surface area contributed by atoms with E-state index in [0.29, 0.717) is 37.2 Å². The normalized spacial score (nSPS) is 19.5. The second kappa shape index (κ2) is 7.68. The first-order valence-electron chi connectivity index (χ1n) is 7.56. The second-order valence-corrected chi connectivity index (χ2v) is 5.23. The van der Waals surface area contributed by atoms with Gasteiger partial charge >= 0.3 is 0 Å². The number of allylic oxidation sites excluding steroid dienone is 2. The molecule has 1 heterocycles. The minimum absolute atomic E-state index is 0.0806. The van der Waals surface area contributed by atoms with Crippen LogP contribution in [-0.4, -0.2) is 33.2 Å². The largest absolute Gasteiger partial charge is 0.511 e. The summed E-state index contributed by atoms with van der Waals surface area (Å²) in [5.74, 6) is -0.117. The number of Topliss-reactive ketones (excluding diaryl/α,β-unsaturated/α-hetero) is 1. The maximum absolute atomic E-state index is 12.5. The van der Waals surface area contributed by atoms with Crippen molar-refractivity contribution in [1.82, 2.24) is 9.97 Å². The Morgan fingerprint density at radius 1 is 1.36 bits per heavy atom. The van der Waals surface area contributed by atoms with Crippen LogP contribution in [0.25, 0.3) is 0 Å². The lowest BCUT2D eigenvalue weighted by Gasteiger charge is -2.23. The summed E-state index contributed by atoms with van der Waals surface area (Å²) in [6, 6.07) is 0. The summed E-state index contributed by atoms with van der Waals surface area (Å²) in [4.78, 5) is 25.5. The van der Waals surface area contributed by atoms with Gasteiger partial charge < -0.3 is 9.94 Å². The lowest BCUT2D eigenvalue weighted by atomic mass is 9.81. The fourth-order valence-corrected chi connectivity index (χ4v) is 2.57. The molecule has 0 saturated carbocycles. The molecule has 1 aliphatic rings. The molecule has 1 aromatic heterocycles. The van der Waals surface area contributed by atoms with Gasteiger partial charge in [-0.25, -0.2) is 9.97 Å². The first kappa shape index (κ1) is 16.1. The molecule has 1 atom stereocenters. The van der Waals surface area contributed by atoms with Crippen LogP contribution in [0.5, 0.6) is 0 Å². The number of nitrogens with zero attached hydrogens (tertiary/aromatic N) is 3. The van der Waals surface area contributed by atoms with Gasteiger partial charge in [0, 0.05) is 31.2 Å². The van der Waals surface area contributed by atoms with Crippen LogP contribution < -0.4 is 0 Å². The molecule has 0 saturated heterocycles. The smallest absolute Gasteiger partial charge is 0.168 e. The van der Waals surface area contributed by atoms with Gasteiger partial charge in [0.15, 0.2) is 5.78 Å². The zero-order valence-corrected chi connectivity index (χ0v) is 13.0. The third kappa shape index (κ3) is 3.69. The molecule has 1 N–H and O–H groups in total. The predicted molar refractivity (Wildman–Crippen MR) is 82.6 cm³/mol. The molecule has 6 heteroatoms. The Morgan fingerprint density at radius 2 is 2.09 bits per heavy atom. The molecule has 0 amide bonds. The van der Waals surface area contributed by atoms with Crippen molar-refractivity contribution in [2.45, 2.75) is 45.4 Å². The van der Waals surface area contributed by atoms with Crippen LogP contribution in [0.15, 0.2) is 35.2 Å². The summed E-state index contributed by atoms with van der Waals surface area (Å²) in [5.41, 5.74) is 1.72. The van der Waals surface area contributed by atoms with Crippen molar-refractivity contribution in [3.8, 4) is 0 Å². The third-order valence-electron chi connectivity index (χ3n) is 3.57. The van der Waals surface area contributed by atoms with Gasteiger partial charge in [-0.1, -0.05) is 18.5 Å². The van der Waals surface area contributed by atoms with E-state index < -0.39 is 0 Å². The fraction of sp³-hybridized carbons (Fsp3) is 0.500. The van der Waals surface area contributed by atoms with Crippen LogP contribution in [0.1, 0.15) is 51.0 Å².